The highest BCUT2D eigenvalue weighted by Gasteiger charge is 2.03. The van der Waals surface area contributed by atoms with Gasteiger partial charge in [0, 0.05) is 30.4 Å². The number of hydrogen-bond acceptors (Lipinski definition) is 3. The van der Waals surface area contributed by atoms with E-state index in [1.54, 1.807) is 11.3 Å². The summed E-state index contributed by atoms with van der Waals surface area (Å²) in [4.78, 5) is 10.2. The number of aryl methyl sites for hydroxylation is 2. The van der Waals surface area contributed by atoms with Gasteiger partial charge in [-0.15, -0.1) is 11.3 Å². The lowest BCUT2D eigenvalue weighted by Crippen LogP contribution is -2.33. The van der Waals surface area contributed by atoms with Crippen molar-refractivity contribution in [2.24, 2.45) is 10.7 Å². The number of guanidine groups is 1. The van der Waals surface area contributed by atoms with Crippen molar-refractivity contribution in [3.63, 3.8) is 0 Å². The van der Waals surface area contributed by atoms with Gasteiger partial charge in [-0.2, -0.15) is 0 Å². The van der Waals surface area contributed by atoms with Gasteiger partial charge in [0.05, 0.1) is 0 Å². The molecule has 2 heterocycles. The molecule has 0 atom stereocenters. The molecule has 0 aliphatic heterocycles. The van der Waals surface area contributed by atoms with E-state index in [-0.39, 0.29) is 0 Å². The maximum atomic E-state index is 5.96. The van der Waals surface area contributed by atoms with Crippen molar-refractivity contribution in [1.82, 2.24) is 14.9 Å². The second kappa shape index (κ2) is 9.77. The number of rotatable bonds is 9. The first kappa shape index (κ1) is 18.2. The predicted octanol–water partition coefficient (Wildman–Crippen LogP) is 3.22. The lowest BCUT2D eigenvalue weighted by molar-refractivity contribution is 0.611. The van der Waals surface area contributed by atoms with Crippen molar-refractivity contribution in [1.29, 1.82) is 0 Å². The van der Waals surface area contributed by atoms with E-state index < -0.39 is 0 Å². The molecule has 0 aliphatic carbocycles. The normalized spacial score (nSPS) is 11.6. The Labute approximate surface area is 158 Å². The van der Waals surface area contributed by atoms with E-state index in [1.165, 1.54) is 10.4 Å². The summed E-state index contributed by atoms with van der Waals surface area (Å²) in [7, 11) is 0. The van der Waals surface area contributed by atoms with Crippen LogP contribution in [0.2, 0.25) is 0 Å². The Morgan fingerprint density at radius 3 is 2.85 bits per heavy atom. The maximum absolute atomic E-state index is 5.96. The molecule has 136 valence electrons. The van der Waals surface area contributed by atoms with Gasteiger partial charge in [-0.05, 0) is 36.3 Å². The molecule has 3 rings (SSSR count). The molecule has 6 heteroatoms. The smallest absolute Gasteiger partial charge is 0.189 e. The molecule has 0 saturated carbocycles. The average Bonchev–Trinajstić information content (AvgIpc) is 3.33. The van der Waals surface area contributed by atoms with Crippen LogP contribution in [0.4, 0.5) is 0 Å². The van der Waals surface area contributed by atoms with Crippen molar-refractivity contribution in [2.75, 3.05) is 6.54 Å². The van der Waals surface area contributed by atoms with Crippen molar-refractivity contribution >= 4 is 17.3 Å². The zero-order chi connectivity index (χ0) is 18.0. The molecular formula is C20H25N5S. The molecule has 0 unspecified atom stereocenters. The van der Waals surface area contributed by atoms with Crippen LogP contribution in [0.5, 0.6) is 0 Å². The molecule has 26 heavy (non-hydrogen) atoms. The standard InChI is InChI=1S/C20H25N5S/c21-20(23-11-10-18-9-5-15-26-18)24-16-19-22-12-14-25(19)13-4-8-17-6-2-1-3-7-17/h1-3,5-7,9,12,14-15H,4,8,10-11,13,16H2,(H3,21,23,24). The monoisotopic (exact) mass is 367 g/mol. The Morgan fingerprint density at radius 2 is 2.04 bits per heavy atom. The molecule has 0 radical (unpaired) electrons. The lowest BCUT2D eigenvalue weighted by atomic mass is 10.1. The fourth-order valence-electron chi connectivity index (χ4n) is 2.77. The van der Waals surface area contributed by atoms with Gasteiger partial charge in [0.15, 0.2) is 5.96 Å². The third kappa shape index (κ3) is 5.74. The number of aromatic nitrogens is 2. The number of aliphatic imine (C=N–C) groups is 1. The second-order valence-corrected chi connectivity index (χ2v) is 7.12. The molecule has 0 amide bonds. The Morgan fingerprint density at radius 1 is 1.15 bits per heavy atom. The molecule has 2 aromatic heterocycles. The highest BCUT2D eigenvalue weighted by atomic mass is 32.1. The number of thiophene rings is 1. The Hall–Kier alpha value is -2.60. The van der Waals surface area contributed by atoms with Crippen molar-refractivity contribution in [3.8, 4) is 0 Å². The first-order chi connectivity index (χ1) is 12.8. The second-order valence-electron chi connectivity index (χ2n) is 6.08. The molecule has 0 bridgehead atoms. The predicted molar refractivity (Wildman–Crippen MR) is 108 cm³/mol. The summed E-state index contributed by atoms with van der Waals surface area (Å²) in [5.41, 5.74) is 7.33. The van der Waals surface area contributed by atoms with E-state index in [1.807, 2.05) is 18.5 Å². The van der Waals surface area contributed by atoms with Crippen LogP contribution in [0, 0.1) is 0 Å². The van der Waals surface area contributed by atoms with Gasteiger partial charge >= 0.3 is 0 Å². The Balaban J connectivity index is 1.42. The van der Waals surface area contributed by atoms with E-state index in [4.69, 9.17) is 5.73 Å². The van der Waals surface area contributed by atoms with Crippen LogP contribution in [0.1, 0.15) is 22.7 Å². The van der Waals surface area contributed by atoms with Gasteiger partial charge in [-0.3, -0.25) is 0 Å². The first-order valence-corrected chi connectivity index (χ1v) is 9.79. The number of benzene rings is 1. The first-order valence-electron chi connectivity index (χ1n) is 8.91. The third-order valence-corrected chi connectivity index (χ3v) is 5.09. The molecule has 0 spiro atoms. The minimum absolute atomic E-state index is 0.473. The minimum atomic E-state index is 0.473. The Bertz CT molecular complexity index is 793. The van der Waals surface area contributed by atoms with E-state index in [9.17, 15) is 0 Å². The summed E-state index contributed by atoms with van der Waals surface area (Å²) in [6.07, 6.45) is 6.94. The van der Waals surface area contributed by atoms with E-state index in [2.05, 4.69) is 61.6 Å². The zero-order valence-corrected chi connectivity index (χ0v) is 15.7. The van der Waals surface area contributed by atoms with Gasteiger partial charge in [-0.1, -0.05) is 36.4 Å². The number of nitrogens with zero attached hydrogens (tertiary/aromatic N) is 3. The van der Waals surface area contributed by atoms with Crippen molar-refractivity contribution in [3.05, 3.63) is 76.5 Å². The highest BCUT2D eigenvalue weighted by Crippen LogP contribution is 2.08. The summed E-state index contributed by atoms with van der Waals surface area (Å²) in [5.74, 6) is 1.42. The van der Waals surface area contributed by atoms with Crippen molar-refractivity contribution in [2.45, 2.75) is 32.4 Å². The molecule has 1 aromatic carbocycles. The SMILES string of the molecule is NC(=NCc1nccn1CCCc1ccccc1)NCCc1cccs1. The van der Waals surface area contributed by atoms with Crippen molar-refractivity contribution < 1.29 is 0 Å². The van der Waals surface area contributed by atoms with E-state index >= 15 is 0 Å². The number of nitrogens with one attached hydrogen (secondary N) is 1. The van der Waals surface area contributed by atoms with E-state index in [0.29, 0.717) is 12.5 Å². The van der Waals surface area contributed by atoms with E-state index in [0.717, 1.165) is 38.2 Å². The summed E-state index contributed by atoms with van der Waals surface area (Å²) < 4.78 is 2.16. The van der Waals surface area contributed by atoms with Gasteiger partial charge < -0.3 is 15.6 Å². The van der Waals surface area contributed by atoms with Gasteiger partial charge in [0.25, 0.3) is 0 Å². The summed E-state index contributed by atoms with van der Waals surface area (Å²) in [6, 6.07) is 14.8. The summed E-state index contributed by atoms with van der Waals surface area (Å²) in [5, 5.41) is 5.25. The summed E-state index contributed by atoms with van der Waals surface area (Å²) >= 11 is 1.76. The highest BCUT2D eigenvalue weighted by molar-refractivity contribution is 7.09. The minimum Gasteiger partial charge on any atom is -0.370 e. The van der Waals surface area contributed by atoms with Crippen LogP contribution >= 0.6 is 11.3 Å². The lowest BCUT2D eigenvalue weighted by Gasteiger charge is -2.08. The molecule has 0 fully saturated rings. The number of nitrogens with two attached hydrogens (primary N) is 1. The molecular weight excluding hydrogens is 342 g/mol. The van der Waals surface area contributed by atoms with Gasteiger partial charge in [-0.25, -0.2) is 9.98 Å². The molecule has 5 nitrogen and oxygen atoms in total. The third-order valence-electron chi connectivity index (χ3n) is 4.16. The fourth-order valence-corrected chi connectivity index (χ4v) is 3.48. The Kier molecular flexibility index (Phi) is 6.84. The van der Waals surface area contributed by atoms with Crippen LogP contribution in [-0.2, 0) is 25.9 Å². The topological polar surface area (TPSA) is 68.2 Å². The van der Waals surface area contributed by atoms with Crippen LogP contribution in [0.25, 0.3) is 0 Å². The average molecular weight is 368 g/mol. The maximum Gasteiger partial charge on any atom is 0.189 e. The molecule has 0 aliphatic rings. The van der Waals surface area contributed by atoms with Crippen LogP contribution in [-0.4, -0.2) is 22.1 Å². The van der Waals surface area contributed by atoms with Gasteiger partial charge in [0.1, 0.15) is 12.4 Å². The quantitative estimate of drug-likeness (QED) is 0.451. The number of hydrogen-bond donors (Lipinski definition) is 2. The number of imidazole rings is 1. The van der Waals surface area contributed by atoms with Gasteiger partial charge in [0.2, 0.25) is 0 Å². The summed E-state index contributed by atoms with van der Waals surface area (Å²) in [6.45, 7) is 2.23. The van der Waals surface area contributed by atoms with Crippen LogP contribution in [0.3, 0.4) is 0 Å². The van der Waals surface area contributed by atoms with Crippen LogP contribution in [0.15, 0.2) is 65.2 Å². The molecule has 0 saturated heterocycles. The molecule has 3 N–H and O–H groups in total. The largest absolute Gasteiger partial charge is 0.370 e. The van der Waals surface area contributed by atoms with Crippen LogP contribution < -0.4 is 11.1 Å². The molecule has 3 aromatic rings. The fraction of sp³-hybridized carbons (Fsp3) is 0.300. The zero-order valence-electron chi connectivity index (χ0n) is 14.8.